The average Bonchev–Trinajstić information content (AvgIpc) is 2.48. The highest BCUT2D eigenvalue weighted by molar-refractivity contribution is 5.62. The number of benzene rings is 2. The average molecular weight is 267 g/mol. The molecular formula is C16H17N3O. The van der Waals surface area contributed by atoms with Gasteiger partial charge in [0.15, 0.2) is 0 Å². The van der Waals surface area contributed by atoms with E-state index in [1.165, 1.54) is 5.56 Å². The van der Waals surface area contributed by atoms with Crippen LogP contribution in [0.25, 0.3) is 0 Å². The molecule has 2 aromatic rings. The number of rotatable bonds is 4. The Hall–Kier alpha value is -2.67. The van der Waals surface area contributed by atoms with Crippen molar-refractivity contribution in [2.24, 2.45) is 0 Å². The number of ether oxygens (including phenoxy) is 1. The van der Waals surface area contributed by atoms with Crippen LogP contribution in [0.1, 0.15) is 11.1 Å². The predicted molar refractivity (Wildman–Crippen MR) is 80.7 cm³/mol. The van der Waals surface area contributed by atoms with E-state index in [0.29, 0.717) is 11.3 Å². The molecule has 20 heavy (non-hydrogen) atoms. The molecule has 0 spiro atoms. The molecule has 0 atom stereocenters. The van der Waals surface area contributed by atoms with E-state index in [1.807, 2.05) is 37.4 Å². The van der Waals surface area contributed by atoms with Crippen molar-refractivity contribution in [3.05, 3.63) is 53.6 Å². The van der Waals surface area contributed by atoms with Gasteiger partial charge in [-0.05, 0) is 35.9 Å². The second-order valence-corrected chi connectivity index (χ2v) is 4.59. The third-order valence-corrected chi connectivity index (χ3v) is 3.18. The SMILES string of the molecule is COc1ccc(CN(C)c2ccc(N)c(C#N)c2)cc1. The van der Waals surface area contributed by atoms with Crippen LogP contribution in [0.5, 0.6) is 5.75 Å². The molecule has 0 saturated heterocycles. The fraction of sp³-hybridized carbons (Fsp3) is 0.188. The molecule has 0 aliphatic carbocycles. The molecule has 2 N–H and O–H groups in total. The van der Waals surface area contributed by atoms with Gasteiger partial charge in [0.2, 0.25) is 0 Å². The summed E-state index contributed by atoms with van der Waals surface area (Å²) in [6, 6.07) is 15.5. The maximum atomic E-state index is 9.01. The van der Waals surface area contributed by atoms with Gasteiger partial charge in [0.1, 0.15) is 11.8 Å². The number of nitrogen functional groups attached to an aromatic ring is 1. The third kappa shape index (κ3) is 3.01. The van der Waals surface area contributed by atoms with Gasteiger partial charge in [-0.3, -0.25) is 0 Å². The lowest BCUT2D eigenvalue weighted by Gasteiger charge is -2.20. The zero-order chi connectivity index (χ0) is 14.5. The van der Waals surface area contributed by atoms with Crippen molar-refractivity contribution in [2.45, 2.75) is 6.54 Å². The normalized spacial score (nSPS) is 9.85. The number of methoxy groups -OCH3 is 1. The van der Waals surface area contributed by atoms with Crippen molar-refractivity contribution in [1.82, 2.24) is 0 Å². The topological polar surface area (TPSA) is 62.3 Å². The van der Waals surface area contributed by atoms with Crippen LogP contribution in [0.4, 0.5) is 11.4 Å². The van der Waals surface area contributed by atoms with E-state index in [1.54, 1.807) is 19.2 Å². The van der Waals surface area contributed by atoms with Gasteiger partial charge in [0.25, 0.3) is 0 Å². The van der Waals surface area contributed by atoms with Gasteiger partial charge in [0, 0.05) is 25.0 Å². The maximum Gasteiger partial charge on any atom is 0.118 e. The number of nitrogens with two attached hydrogens (primary N) is 1. The molecule has 4 heteroatoms. The minimum absolute atomic E-state index is 0.504. The smallest absolute Gasteiger partial charge is 0.118 e. The molecule has 0 saturated carbocycles. The van der Waals surface area contributed by atoms with E-state index in [0.717, 1.165) is 18.0 Å². The van der Waals surface area contributed by atoms with Gasteiger partial charge in [-0.15, -0.1) is 0 Å². The van der Waals surface area contributed by atoms with Crippen LogP contribution in [-0.4, -0.2) is 14.2 Å². The van der Waals surface area contributed by atoms with Crippen molar-refractivity contribution in [1.29, 1.82) is 5.26 Å². The van der Waals surface area contributed by atoms with Crippen LogP contribution in [0, 0.1) is 11.3 Å². The largest absolute Gasteiger partial charge is 0.497 e. The van der Waals surface area contributed by atoms with Crippen LogP contribution < -0.4 is 15.4 Å². The molecule has 0 fully saturated rings. The number of hydrogen-bond acceptors (Lipinski definition) is 4. The molecule has 0 amide bonds. The predicted octanol–water partition coefficient (Wildman–Crippen LogP) is 2.79. The lowest BCUT2D eigenvalue weighted by atomic mass is 10.1. The number of nitrogens with zero attached hydrogens (tertiary/aromatic N) is 2. The van der Waals surface area contributed by atoms with Gasteiger partial charge in [-0.2, -0.15) is 5.26 Å². The molecule has 0 heterocycles. The Labute approximate surface area is 119 Å². The molecule has 0 radical (unpaired) electrons. The Morgan fingerprint density at radius 1 is 1.20 bits per heavy atom. The second-order valence-electron chi connectivity index (χ2n) is 4.59. The summed E-state index contributed by atoms with van der Waals surface area (Å²) in [4.78, 5) is 2.07. The van der Waals surface area contributed by atoms with Gasteiger partial charge < -0.3 is 15.4 Å². The molecular weight excluding hydrogens is 250 g/mol. The van der Waals surface area contributed by atoms with Crippen LogP contribution >= 0.6 is 0 Å². The molecule has 0 unspecified atom stereocenters. The summed E-state index contributed by atoms with van der Waals surface area (Å²) in [6.07, 6.45) is 0. The van der Waals surface area contributed by atoms with E-state index in [2.05, 4.69) is 11.0 Å². The number of anilines is 2. The van der Waals surface area contributed by atoms with Crippen molar-refractivity contribution in [2.75, 3.05) is 24.8 Å². The van der Waals surface area contributed by atoms with Crippen LogP contribution in [0.15, 0.2) is 42.5 Å². The van der Waals surface area contributed by atoms with E-state index in [-0.39, 0.29) is 0 Å². The monoisotopic (exact) mass is 267 g/mol. The van der Waals surface area contributed by atoms with Crippen molar-refractivity contribution in [3.8, 4) is 11.8 Å². The van der Waals surface area contributed by atoms with Crippen LogP contribution in [0.2, 0.25) is 0 Å². The molecule has 0 aromatic heterocycles. The highest BCUT2D eigenvalue weighted by atomic mass is 16.5. The first-order chi connectivity index (χ1) is 9.63. The zero-order valence-electron chi connectivity index (χ0n) is 11.6. The Bertz CT molecular complexity index is 629. The standard InChI is InChI=1S/C16H17N3O/c1-19(11-12-3-6-15(20-2)7-4-12)14-5-8-16(18)13(9-14)10-17/h3-9H,11,18H2,1-2H3. The minimum atomic E-state index is 0.504. The zero-order valence-corrected chi connectivity index (χ0v) is 11.6. The lowest BCUT2D eigenvalue weighted by molar-refractivity contribution is 0.414. The van der Waals surface area contributed by atoms with Gasteiger partial charge in [-0.1, -0.05) is 12.1 Å². The molecule has 0 aliphatic heterocycles. The first-order valence-electron chi connectivity index (χ1n) is 6.27. The fourth-order valence-corrected chi connectivity index (χ4v) is 1.97. The van der Waals surface area contributed by atoms with E-state index in [4.69, 9.17) is 15.7 Å². The van der Waals surface area contributed by atoms with Crippen molar-refractivity contribution < 1.29 is 4.74 Å². The first-order valence-corrected chi connectivity index (χ1v) is 6.27. The summed E-state index contributed by atoms with van der Waals surface area (Å²) in [7, 11) is 3.63. The Morgan fingerprint density at radius 2 is 1.90 bits per heavy atom. The Morgan fingerprint density at radius 3 is 2.50 bits per heavy atom. The quantitative estimate of drug-likeness (QED) is 0.865. The number of hydrogen-bond donors (Lipinski definition) is 1. The van der Waals surface area contributed by atoms with Crippen LogP contribution in [0.3, 0.4) is 0 Å². The van der Waals surface area contributed by atoms with Crippen molar-refractivity contribution in [3.63, 3.8) is 0 Å². The van der Waals surface area contributed by atoms with E-state index in [9.17, 15) is 0 Å². The molecule has 4 nitrogen and oxygen atoms in total. The van der Waals surface area contributed by atoms with E-state index >= 15 is 0 Å². The molecule has 2 aromatic carbocycles. The Balaban J connectivity index is 2.15. The summed E-state index contributed by atoms with van der Waals surface area (Å²) in [5.74, 6) is 0.843. The molecule has 0 aliphatic rings. The maximum absolute atomic E-state index is 9.01. The minimum Gasteiger partial charge on any atom is -0.497 e. The second kappa shape index (κ2) is 5.98. The van der Waals surface area contributed by atoms with Gasteiger partial charge >= 0.3 is 0 Å². The molecule has 0 bridgehead atoms. The van der Waals surface area contributed by atoms with Gasteiger partial charge in [-0.25, -0.2) is 0 Å². The molecule has 2 rings (SSSR count). The highest BCUT2D eigenvalue weighted by Gasteiger charge is 2.06. The Kier molecular flexibility index (Phi) is 4.11. The van der Waals surface area contributed by atoms with E-state index < -0.39 is 0 Å². The first kappa shape index (κ1) is 13.8. The number of nitriles is 1. The summed E-state index contributed by atoms with van der Waals surface area (Å²) in [5, 5.41) is 9.01. The fourth-order valence-electron chi connectivity index (χ4n) is 1.97. The van der Waals surface area contributed by atoms with Crippen LogP contribution in [-0.2, 0) is 6.54 Å². The lowest BCUT2D eigenvalue weighted by Crippen LogP contribution is -2.16. The van der Waals surface area contributed by atoms with Crippen molar-refractivity contribution >= 4 is 11.4 Å². The summed E-state index contributed by atoms with van der Waals surface area (Å²) in [6.45, 7) is 0.749. The van der Waals surface area contributed by atoms with Gasteiger partial charge in [0.05, 0.1) is 12.7 Å². The summed E-state index contributed by atoms with van der Waals surface area (Å²) < 4.78 is 5.14. The summed E-state index contributed by atoms with van der Waals surface area (Å²) >= 11 is 0. The molecule has 102 valence electrons. The highest BCUT2D eigenvalue weighted by Crippen LogP contribution is 2.21. The third-order valence-electron chi connectivity index (χ3n) is 3.18. The summed E-state index contributed by atoms with van der Waals surface area (Å²) in [5.41, 5.74) is 8.88.